The van der Waals surface area contributed by atoms with E-state index in [2.05, 4.69) is 15.3 Å². The molecule has 11 heteroatoms. The largest absolute Gasteiger partial charge is 0.465 e. The Labute approximate surface area is 219 Å². The summed E-state index contributed by atoms with van der Waals surface area (Å²) < 4.78 is 5.13. The highest BCUT2D eigenvalue weighted by molar-refractivity contribution is 6.35. The first-order valence-corrected chi connectivity index (χ1v) is 12.7. The first-order valence-electron chi connectivity index (χ1n) is 11.5. The van der Waals surface area contributed by atoms with Crippen molar-refractivity contribution in [2.75, 3.05) is 37.0 Å². The quantitative estimate of drug-likeness (QED) is 0.376. The highest BCUT2D eigenvalue weighted by Gasteiger charge is 2.60. The molecule has 1 amide bonds. The molecule has 0 spiro atoms. The highest BCUT2D eigenvalue weighted by atomic mass is 35.5. The van der Waals surface area contributed by atoms with Gasteiger partial charge in [0.1, 0.15) is 10.4 Å². The number of rotatable bonds is 8. The number of hydrogen-bond donors (Lipinski definition) is 1. The minimum absolute atomic E-state index is 0.0443. The van der Waals surface area contributed by atoms with Crippen molar-refractivity contribution in [3.05, 3.63) is 44.5 Å². The topological polar surface area (TPSA) is 87.7 Å². The average molecular weight is 541 g/mol. The van der Waals surface area contributed by atoms with Crippen LogP contribution in [0.4, 0.5) is 11.8 Å². The molecule has 2 fully saturated rings. The van der Waals surface area contributed by atoms with E-state index in [0.29, 0.717) is 58.5 Å². The monoisotopic (exact) mass is 539 g/mol. The third-order valence-corrected chi connectivity index (χ3v) is 7.64. The van der Waals surface area contributed by atoms with Gasteiger partial charge in [-0.25, -0.2) is 4.98 Å². The molecule has 35 heavy (non-hydrogen) atoms. The van der Waals surface area contributed by atoms with Gasteiger partial charge < -0.3 is 19.9 Å². The number of nitrogens with one attached hydrogen (secondary N) is 1. The van der Waals surface area contributed by atoms with Gasteiger partial charge in [-0.3, -0.25) is 9.59 Å². The Morgan fingerprint density at radius 2 is 1.94 bits per heavy atom. The van der Waals surface area contributed by atoms with E-state index in [1.165, 1.54) is 0 Å². The summed E-state index contributed by atoms with van der Waals surface area (Å²) >= 11 is 18.9. The third-order valence-electron chi connectivity index (χ3n) is 6.63. The van der Waals surface area contributed by atoms with Crippen LogP contribution in [-0.4, -0.2) is 59.5 Å². The summed E-state index contributed by atoms with van der Waals surface area (Å²) in [5.41, 5.74) is 0.500. The van der Waals surface area contributed by atoms with Gasteiger partial charge in [-0.15, -0.1) is 0 Å². The number of aryl methyl sites for hydroxylation is 1. The second kappa shape index (κ2) is 9.99. The van der Waals surface area contributed by atoms with Crippen molar-refractivity contribution < 1.29 is 14.3 Å². The summed E-state index contributed by atoms with van der Waals surface area (Å²) in [6.07, 6.45) is 1.07. The first-order chi connectivity index (χ1) is 16.6. The molecule has 2 aromatic rings. The zero-order valence-corrected chi connectivity index (χ0v) is 22.3. The summed E-state index contributed by atoms with van der Waals surface area (Å²) in [4.78, 5) is 38.1. The molecule has 1 N–H and O–H groups in total. The van der Waals surface area contributed by atoms with Crippen LogP contribution in [0.3, 0.4) is 0 Å². The van der Waals surface area contributed by atoms with E-state index in [1.807, 2.05) is 24.8 Å². The van der Waals surface area contributed by atoms with Crippen LogP contribution >= 0.6 is 34.8 Å². The van der Waals surface area contributed by atoms with Crippen LogP contribution in [0.5, 0.6) is 0 Å². The number of amides is 1. The maximum Gasteiger partial charge on any atom is 0.321 e. The van der Waals surface area contributed by atoms with Gasteiger partial charge in [0.2, 0.25) is 11.9 Å². The number of carbonyl (C=O) groups is 2. The molecule has 2 aliphatic rings. The van der Waals surface area contributed by atoms with Crippen LogP contribution in [0.15, 0.2) is 18.2 Å². The number of halogens is 3. The Kier molecular flexibility index (Phi) is 7.36. The lowest BCUT2D eigenvalue weighted by atomic mass is 10.0. The van der Waals surface area contributed by atoms with Crippen LogP contribution in [0.2, 0.25) is 15.1 Å². The number of aromatic nitrogens is 2. The standard InChI is InChI=1S/C24H28Cl3N5O3/c1-5-35-22(34)24(8-9-24)21(33)31(4)16-11-32(12-16)23-29-14(3)19(27)20(30-23)28-13(2)17-7-6-15(25)10-18(17)26/h6-7,10,13,16H,5,8-9,11-12H2,1-4H3,(H,28,29,30)/t13-/m1/s1. The Morgan fingerprint density at radius 3 is 2.54 bits per heavy atom. The summed E-state index contributed by atoms with van der Waals surface area (Å²) in [6, 6.07) is 5.12. The van der Waals surface area contributed by atoms with Gasteiger partial charge in [0, 0.05) is 30.2 Å². The van der Waals surface area contributed by atoms with Crippen molar-refractivity contribution in [2.24, 2.45) is 5.41 Å². The Morgan fingerprint density at radius 1 is 1.26 bits per heavy atom. The predicted molar refractivity (Wildman–Crippen MR) is 137 cm³/mol. The summed E-state index contributed by atoms with van der Waals surface area (Å²) in [7, 11) is 1.74. The van der Waals surface area contributed by atoms with Gasteiger partial charge in [-0.1, -0.05) is 40.9 Å². The summed E-state index contributed by atoms with van der Waals surface area (Å²) in [5, 5.41) is 4.87. The fourth-order valence-corrected chi connectivity index (χ4v) is 4.89. The van der Waals surface area contributed by atoms with Crippen molar-refractivity contribution in [1.29, 1.82) is 0 Å². The van der Waals surface area contributed by atoms with E-state index < -0.39 is 11.4 Å². The number of benzene rings is 1. The van der Waals surface area contributed by atoms with Gasteiger partial charge in [-0.2, -0.15) is 4.98 Å². The predicted octanol–water partition coefficient (Wildman–Crippen LogP) is 4.91. The minimum atomic E-state index is -1.01. The molecule has 4 rings (SSSR count). The molecule has 1 aliphatic heterocycles. The molecule has 0 unspecified atom stereocenters. The van der Waals surface area contributed by atoms with Crippen LogP contribution in [0, 0.1) is 12.3 Å². The van der Waals surface area contributed by atoms with Gasteiger partial charge in [-0.05, 0) is 51.3 Å². The molecular formula is C24H28Cl3N5O3. The third kappa shape index (κ3) is 5.01. The van der Waals surface area contributed by atoms with E-state index in [9.17, 15) is 9.59 Å². The Bertz CT molecular complexity index is 1150. The lowest BCUT2D eigenvalue weighted by molar-refractivity contribution is -0.158. The van der Waals surface area contributed by atoms with Gasteiger partial charge in [0.25, 0.3) is 0 Å². The number of esters is 1. The number of ether oxygens (including phenoxy) is 1. The summed E-state index contributed by atoms with van der Waals surface area (Å²) in [6.45, 7) is 6.90. The lowest BCUT2D eigenvalue weighted by Crippen LogP contribution is -2.61. The van der Waals surface area contributed by atoms with E-state index in [4.69, 9.17) is 39.5 Å². The number of likely N-dealkylation sites (N-methyl/N-ethyl adjacent to an activating group) is 1. The zero-order chi connectivity index (χ0) is 25.5. The number of anilines is 2. The van der Waals surface area contributed by atoms with Crippen molar-refractivity contribution >= 4 is 58.4 Å². The van der Waals surface area contributed by atoms with E-state index in [0.717, 1.165) is 5.56 Å². The fourth-order valence-electron chi connectivity index (χ4n) is 4.18. The SMILES string of the molecule is CCOC(=O)C1(C(=O)N(C)C2CN(c3nc(C)c(Cl)c(N[C@H](C)c4ccc(Cl)cc4Cl)n3)C2)CC1. The zero-order valence-electron chi connectivity index (χ0n) is 20.1. The minimum Gasteiger partial charge on any atom is -0.465 e. The molecule has 1 aliphatic carbocycles. The second-order valence-electron chi connectivity index (χ2n) is 9.08. The molecule has 1 saturated heterocycles. The van der Waals surface area contributed by atoms with Crippen LogP contribution in [0.25, 0.3) is 0 Å². The number of hydrogen-bond acceptors (Lipinski definition) is 7. The van der Waals surface area contributed by atoms with Crippen molar-refractivity contribution in [3.63, 3.8) is 0 Å². The molecule has 0 bridgehead atoms. The van der Waals surface area contributed by atoms with E-state index >= 15 is 0 Å². The highest BCUT2D eigenvalue weighted by Crippen LogP contribution is 2.48. The van der Waals surface area contributed by atoms with E-state index in [-0.39, 0.29) is 24.6 Å². The maximum atomic E-state index is 13.0. The molecule has 1 saturated carbocycles. The molecule has 1 aromatic heterocycles. The first kappa shape index (κ1) is 25.8. The van der Waals surface area contributed by atoms with Gasteiger partial charge in [0.15, 0.2) is 5.82 Å². The number of carbonyl (C=O) groups excluding carboxylic acids is 2. The molecular weight excluding hydrogens is 513 g/mol. The van der Waals surface area contributed by atoms with Crippen molar-refractivity contribution in [2.45, 2.75) is 45.7 Å². The second-order valence-corrected chi connectivity index (χ2v) is 10.3. The Hall–Kier alpha value is -2.29. The smallest absolute Gasteiger partial charge is 0.321 e. The Balaban J connectivity index is 1.44. The lowest BCUT2D eigenvalue weighted by Gasteiger charge is -2.44. The van der Waals surface area contributed by atoms with Crippen LogP contribution < -0.4 is 10.2 Å². The van der Waals surface area contributed by atoms with E-state index in [1.54, 1.807) is 31.0 Å². The fraction of sp³-hybridized carbons (Fsp3) is 0.500. The van der Waals surface area contributed by atoms with Crippen molar-refractivity contribution in [3.8, 4) is 0 Å². The van der Waals surface area contributed by atoms with Crippen molar-refractivity contribution in [1.82, 2.24) is 14.9 Å². The molecule has 0 radical (unpaired) electrons. The normalized spacial score (nSPS) is 17.4. The average Bonchev–Trinajstić information content (AvgIpc) is 3.57. The number of nitrogens with zero attached hydrogens (tertiary/aromatic N) is 4. The molecule has 1 aromatic carbocycles. The molecule has 1 atom stereocenters. The molecule has 8 nitrogen and oxygen atoms in total. The van der Waals surface area contributed by atoms with Gasteiger partial charge in [0.05, 0.1) is 24.4 Å². The van der Waals surface area contributed by atoms with Crippen LogP contribution in [-0.2, 0) is 14.3 Å². The van der Waals surface area contributed by atoms with Crippen LogP contribution in [0.1, 0.15) is 44.0 Å². The molecule has 2 heterocycles. The maximum absolute atomic E-state index is 13.0. The summed E-state index contributed by atoms with van der Waals surface area (Å²) in [5.74, 6) is 0.424. The molecule has 188 valence electrons. The van der Waals surface area contributed by atoms with Gasteiger partial charge >= 0.3 is 5.97 Å².